The van der Waals surface area contributed by atoms with E-state index in [1.54, 1.807) is 4.90 Å². The van der Waals surface area contributed by atoms with Crippen LogP contribution in [-0.2, 0) is 14.4 Å². The Labute approximate surface area is 240 Å². The summed E-state index contributed by atoms with van der Waals surface area (Å²) in [6.45, 7) is 13.3. The fourth-order valence-corrected chi connectivity index (χ4v) is 6.54. The second-order valence-electron chi connectivity index (χ2n) is 12.0. The van der Waals surface area contributed by atoms with Crippen LogP contribution >= 0.6 is 0 Å². The second kappa shape index (κ2) is 14.0. The first-order valence-corrected chi connectivity index (χ1v) is 15.4. The van der Waals surface area contributed by atoms with Crippen LogP contribution in [0.1, 0.15) is 92.9 Å². The van der Waals surface area contributed by atoms with Gasteiger partial charge in [0, 0.05) is 19.4 Å². The summed E-state index contributed by atoms with van der Waals surface area (Å²) < 4.78 is 0. The third kappa shape index (κ3) is 6.97. The van der Waals surface area contributed by atoms with Gasteiger partial charge in [-0.1, -0.05) is 79.4 Å². The maximum atomic E-state index is 13.6. The number of hydrogen-bond donors (Lipinski definition) is 3. The number of carbonyl (C=O) groups is 3. The maximum absolute atomic E-state index is 13.6. The molecule has 8 nitrogen and oxygen atoms in total. The Morgan fingerprint density at radius 3 is 2.35 bits per heavy atom. The summed E-state index contributed by atoms with van der Waals surface area (Å²) in [5.41, 5.74) is 1.49. The number of anilines is 2. The molecule has 3 N–H and O–H groups in total. The van der Waals surface area contributed by atoms with Gasteiger partial charge in [0.25, 0.3) is 0 Å². The predicted octanol–water partition coefficient (Wildman–Crippen LogP) is 5.71. The highest BCUT2D eigenvalue weighted by Gasteiger charge is 2.69. The van der Waals surface area contributed by atoms with Crippen molar-refractivity contribution in [1.82, 2.24) is 10.2 Å². The largest absolute Gasteiger partial charge is 0.372 e. The first-order valence-electron chi connectivity index (χ1n) is 15.4. The molecule has 220 valence electrons. The summed E-state index contributed by atoms with van der Waals surface area (Å²) in [6, 6.07) is 7.51. The van der Waals surface area contributed by atoms with Crippen LogP contribution < -0.4 is 16.0 Å². The van der Waals surface area contributed by atoms with Crippen molar-refractivity contribution < 1.29 is 14.4 Å². The summed E-state index contributed by atoms with van der Waals surface area (Å²) in [5, 5.41) is 18.8. The molecule has 3 amide bonds. The lowest BCUT2D eigenvalue weighted by molar-refractivity contribution is -0.141. The smallest absolute Gasteiger partial charge is 0.247 e. The zero-order valence-electron chi connectivity index (χ0n) is 25.3. The van der Waals surface area contributed by atoms with Crippen molar-refractivity contribution >= 4 is 29.1 Å². The highest BCUT2D eigenvalue weighted by Crippen LogP contribution is 2.65. The van der Waals surface area contributed by atoms with Gasteiger partial charge in [0.15, 0.2) is 0 Å². The first-order chi connectivity index (χ1) is 19.2. The van der Waals surface area contributed by atoms with Gasteiger partial charge in [-0.25, -0.2) is 0 Å². The number of rotatable bonds is 12. The van der Waals surface area contributed by atoms with Gasteiger partial charge in [0.2, 0.25) is 17.7 Å². The normalized spacial score (nSPS) is 24.4. The average Bonchev–Trinajstić information content (AvgIpc) is 3.26. The summed E-state index contributed by atoms with van der Waals surface area (Å²) in [5.74, 6) is 0.293. The third-order valence-corrected chi connectivity index (χ3v) is 8.97. The minimum Gasteiger partial charge on any atom is -0.372 e. The molecule has 1 saturated heterocycles. The lowest BCUT2D eigenvalue weighted by Gasteiger charge is -2.32. The Balaban J connectivity index is 0.00000216. The van der Waals surface area contributed by atoms with Gasteiger partial charge < -0.3 is 20.9 Å². The zero-order valence-corrected chi connectivity index (χ0v) is 25.3. The minimum absolute atomic E-state index is 0.000724. The topological polar surface area (TPSA) is 114 Å². The van der Waals surface area contributed by atoms with E-state index in [1.807, 2.05) is 38.1 Å². The van der Waals surface area contributed by atoms with E-state index in [-0.39, 0.29) is 35.5 Å². The fraction of sp³-hybridized carbons (Fsp3) is 0.688. The lowest BCUT2D eigenvalue weighted by atomic mass is 9.91. The van der Waals surface area contributed by atoms with E-state index in [2.05, 4.69) is 49.7 Å². The number of nitriles is 1. The Bertz CT molecular complexity index is 1070. The number of benzene rings is 1. The number of hydrogen-bond acceptors (Lipinski definition) is 5. The minimum atomic E-state index is -0.851. The molecule has 0 aromatic heterocycles. The molecule has 2 aliphatic heterocycles. The Morgan fingerprint density at radius 2 is 1.75 bits per heavy atom. The third-order valence-electron chi connectivity index (χ3n) is 8.97. The van der Waals surface area contributed by atoms with E-state index < -0.39 is 18.1 Å². The number of amides is 3. The summed E-state index contributed by atoms with van der Waals surface area (Å²) in [4.78, 5) is 41.6. The Kier molecular flexibility index (Phi) is 11.0. The number of unbranched alkanes of at least 4 members (excludes halogenated alkanes) is 2. The highest BCUT2D eigenvalue weighted by molar-refractivity contribution is 6.03. The molecule has 8 heteroatoms. The number of carbonyl (C=O) groups excluding carboxylic acids is 3. The molecular formula is C32H49N5O3. The van der Waals surface area contributed by atoms with Gasteiger partial charge in [-0.05, 0) is 48.1 Å². The quantitative estimate of drug-likeness (QED) is 0.308. The van der Waals surface area contributed by atoms with Crippen LogP contribution in [0.5, 0.6) is 0 Å². The van der Waals surface area contributed by atoms with Crippen molar-refractivity contribution in [3.63, 3.8) is 0 Å². The molecule has 4 rings (SSSR count). The van der Waals surface area contributed by atoms with Crippen molar-refractivity contribution in [3.05, 3.63) is 24.3 Å². The summed E-state index contributed by atoms with van der Waals surface area (Å²) in [7, 11) is 0. The molecule has 0 bridgehead atoms. The SMILES string of the molecule is CC.CCCCC(CCCC)CC(=O)N1CC2C(C1C(=O)NC(C#N)CC1Nc3ccccc3NC1=O)C2(C)C. The standard InChI is InChI=1S/C30H43N5O3.C2H6/c1-5-7-11-19(12-8-6-2)15-25(36)35-18-21-26(30(21,3)4)27(35)29(38)32-20(17-31)16-24-28(37)34-23-14-10-9-13-22(23)33-24;1-2/h9-10,13-14,19-21,24,26-27,33H,5-8,11-12,15-16,18H2,1-4H3,(H,32,38)(H,34,37);1-2H3. The Morgan fingerprint density at radius 1 is 1.12 bits per heavy atom. The molecule has 1 aromatic carbocycles. The second-order valence-corrected chi connectivity index (χ2v) is 12.0. The van der Waals surface area contributed by atoms with Gasteiger partial charge >= 0.3 is 0 Å². The number of nitrogens with one attached hydrogen (secondary N) is 3. The van der Waals surface area contributed by atoms with Crippen LogP contribution in [0.15, 0.2) is 24.3 Å². The number of para-hydroxylation sites is 2. The molecule has 5 atom stereocenters. The molecule has 1 saturated carbocycles. The first kappa shape index (κ1) is 31.4. The van der Waals surface area contributed by atoms with Crippen LogP contribution in [0.4, 0.5) is 11.4 Å². The van der Waals surface area contributed by atoms with E-state index in [1.165, 1.54) is 0 Å². The molecule has 1 aliphatic carbocycles. The molecule has 40 heavy (non-hydrogen) atoms. The predicted molar refractivity (Wildman–Crippen MR) is 159 cm³/mol. The number of likely N-dealkylation sites (tertiary alicyclic amines) is 1. The molecule has 2 heterocycles. The van der Waals surface area contributed by atoms with Crippen LogP contribution in [0, 0.1) is 34.5 Å². The summed E-state index contributed by atoms with van der Waals surface area (Å²) in [6.07, 6.45) is 7.15. The number of nitrogens with zero attached hydrogens (tertiary/aromatic N) is 2. The van der Waals surface area contributed by atoms with E-state index in [0.717, 1.165) is 44.2 Å². The van der Waals surface area contributed by atoms with Crippen molar-refractivity contribution in [2.75, 3.05) is 17.2 Å². The van der Waals surface area contributed by atoms with E-state index in [9.17, 15) is 19.6 Å². The average molecular weight is 552 g/mol. The van der Waals surface area contributed by atoms with Crippen molar-refractivity contribution in [2.45, 2.75) is 111 Å². The maximum Gasteiger partial charge on any atom is 0.247 e. The molecular weight excluding hydrogens is 502 g/mol. The van der Waals surface area contributed by atoms with Crippen molar-refractivity contribution in [3.8, 4) is 6.07 Å². The van der Waals surface area contributed by atoms with Gasteiger partial charge in [-0.2, -0.15) is 5.26 Å². The van der Waals surface area contributed by atoms with Gasteiger partial charge in [0.1, 0.15) is 18.1 Å². The molecule has 0 spiro atoms. The van der Waals surface area contributed by atoms with E-state index in [4.69, 9.17) is 0 Å². The highest BCUT2D eigenvalue weighted by atomic mass is 16.2. The molecule has 5 unspecified atom stereocenters. The number of piperidine rings is 1. The number of fused-ring (bicyclic) bond motifs is 2. The van der Waals surface area contributed by atoms with Gasteiger partial charge in [0.05, 0.1) is 17.4 Å². The van der Waals surface area contributed by atoms with Crippen molar-refractivity contribution in [2.24, 2.45) is 23.2 Å². The summed E-state index contributed by atoms with van der Waals surface area (Å²) >= 11 is 0. The van der Waals surface area contributed by atoms with Crippen molar-refractivity contribution in [1.29, 1.82) is 5.26 Å². The van der Waals surface area contributed by atoms with Gasteiger partial charge in [-0.15, -0.1) is 0 Å². The zero-order chi connectivity index (χ0) is 29.4. The molecule has 3 aliphatic rings. The molecule has 2 fully saturated rings. The van der Waals surface area contributed by atoms with E-state index >= 15 is 0 Å². The lowest BCUT2D eigenvalue weighted by Crippen LogP contribution is -2.53. The van der Waals surface area contributed by atoms with Crippen LogP contribution in [-0.4, -0.2) is 47.3 Å². The van der Waals surface area contributed by atoms with Crippen LogP contribution in [0.25, 0.3) is 0 Å². The molecule has 1 aromatic rings. The van der Waals surface area contributed by atoms with Crippen LogP contribution in [0.3, 0.4) is 0 Å². The fourth-order valence-electron chi connectivity index (χ4n) is 6.54. The Hall–Kier alpha value is -3.08. The van der Waals surface area contributed by atoms with Crippen LogP contribution in [0.2, 0.25) is 0 Å². The molecule has 0 radical (unpaired) electrons. The van der Waals surface area contributed by atoms with E-state index in [0.29, 0.717) is 30.5 Å². The monoisotopic (exact) mass is 551 g/mol. The van der Waals surface area contributed by atoms with Gasteiger partial charge in [-0.3, -0.25) is 14.4 Å².